The lowest BCUT2D eigenvalue weighted by molar-refractivity contribution is 0.637. The first-order valence-electron chi connectivity index (χ1n) is 7.28. The Balaban J connectivity index is 2.07. The van der Waals surface area contributed by atoms with Crippen molar-refractivity contribution < 1.29 is 0 Å². The number of nitrogens with one attached hydrogen (secondary N) is 1. The van der Waals surface area contributed by atoms with E-state index in [2.05, 4.69) is 9.97 Å². The van der Waals surface area contributed by atoms with Gasteiger partial charge in [-0.2, -0.15) is 0 Å². The first-order valence-corrected chi connectivity index (χ1v) is 7.28. The van der Waals surface area contributed by atoms with E-state index < -0.39 is 0 Å². The number of imidazole rings is 1. The van der Waals surface area contributed by atoms with E-state index in [4.69, 9.17) is 0 Å². The molecule has 2 aromatic heterocycles. The van der Waals surface area contributed by atoms with Gasteiger partial charge >= 0.3 is 5.69 Å². The number of fused-ring (bicyclic) bond motifs is 3. The zero-order chi connectivity index (χ0) is 15.1. The number of nitrogens with zero attached hydrogens (tertiary/aromatic N) is 2. The maximum Gasteiger partial charge on any atom is 0.327 e. The molecule has 4 nitrogen and oxygen atoms in total. The third-order valence-electron chi connectivity index (χ3n) is 4.12. The Morgan fingerprint density at radius 2 is 1.77 bits per heavy atom. The quantitative estimate of drug-likeness (QED) is 0.614. The predicted molar refractivity (Wildman–Crippen MR) is 88.1 cm³/mol. The summed E-state index contributed by atoms with van der Waals surface area (Å²) in [6.45, 7) is 2.04. The van der Waals surface area contributed by atoms with Gasteiger partial charge in [0.2, 0.25) is 0 Å². The van der Waals surface area contributed by atoms with E-state index in [0.29, 0.717) is 0 Å². The lowest BCUT2D eigenvalue weighted by atomic mass is 10.1. The molecule has 2 aromatic carbocycles. The summed E-state index contributed by atoms with van der Waals surface area (Å²) in [6.07, 6.45) is 1.73. The number of hydrogen-bond acceptors (Lipinski definition) is 2. The van der Waals surface area contributed by atoms with Crippen molar-refractivity contribution in [2.45, 2.75) is 13.0 Å². The summed E-state index contributed by atoms with van der Waals surface area (Å²) in [4.78, 5) is 19.8. The highest BCUT2D eigenvalue weighted by Gasteiger charge is 2.16. The summed E-state index contributed by atoms with van der Waals surface area (Å²) in [5.74, 6) is 0. The molecule has 0 unspecified atom stereocenters. The molecule has 2 heterocycles. The lowest BCUT2D eigenvalue weighted by Crippen LogP contribution is -2.21. The second-order valence-electron chi connectivity index (χ2n) is 5.42. The van der Waals surface area contributed by atoms with Gasteiger partial charge in [0.05, 0.1) is 28.8 Å². The van der Waals surface area contributed by atoms with Crippen molar-refractivity contribution in [3.8, 4) is 0 Å². The van der Waals surface area contributed by atoms with Gasteiger partial charge in [0.15, 0.2) is 0 Å². The molecule has 0 fully saturated rings. The average molecular weight is 289 g/mol. The fraction of sp³-hybridized carbons (Fsp3) is 0.111. The van der Waals surface area contributed by atoms with Gasteiger partial charge in [-0.1, -0.05) is 48.5 Å². The summed E-state index contributed by atoms with van der Waals surface area (Å²) in [5, 5.41) is 0.987. The molecule has 0 radical (unpaired) electrons. The maximum absolute atomic E-state index is 12.5. The number of pyridine rings is 1. The number of aromatic amines is 1. The minimum atomic E-state index is -0.107. The monoisotopic (exact) mass is 289 g/mol. The van der Waals surface area contributed by atoms with Crippen molar-refractivity contribution in [1.29, 1.82) is 0 Å². The molecule has 4 aromatic rings. The Morgan fingerprint density at radius 3 is 2.59 bits per heavy atom. The van der Waals surface area contributed by atoms with Gasteiger partial charge in [-0.3, -0.25) is 9.55 Å². The number of para-hydroxylation sites is 1. The Bertz CT molecular complexity index is 1010. The number of H-pyrrole nitrogens is 1. The predicted octanol–water partition coefficient (Wildman–Crippen LogP) is 3.49. The van der Waals surface area contributed by atoms with Crippen LogP contribution >= 0.6 is 0 Å². The van der Waals surface area contributed by atoms with Crippen molar-refractivity contribution in [2.75, 3.05) is 0 Å². The zero-order valence-corrected chi connectivity index (χ0v) is 12.2. The van der Waals surface area contributed by atoms with Crippen molar-refractivity contribution in [3.63, 3.8) is 0 Å². The number of aromatic nitrogens is 3. The van der Waals surface area contributed by atoms with Crippen molar-refractivity contribution >= 4 is 21.9 Å². The van der Waals surface area contributed by atoms with Crippen molar-refractivity contribution in [1.82, 2.24) is 14.5 Å². The Hall–Kier alpha value is -2.88. The molecule has 0 spiro atoms. The summed E-state index contributed by atoms with van der Waals surface area (Å²) < 4.78 is 1.81. The second kappa shape index (κ2) is 4.84. The SMILES string of the molecule is C[C@@H](c1ccccc1)n1c(=O)[nH]c2cnc3ccccc3c21. The third kappa shape index (κ3) is 1.84. The van der Waals surface area contributed by atoms with Crippen LogP contribution in [0.2, 0.25) is 0 Å². The second-order valence-corrected chi connectivity index (χ2v) is 5.42. The number of benzene rings is 2. The van der Waals surface area contributed by atoms with E-state index >= 15 is 0 Å². The largest absolute Gasteiger partial charge is 0.327 e. The normalized spacial score (nSPS) is 12.8. The van der Waals surface area contributed by atoms with Crippen LogP contribution in [0, 0.1) is 0 Å². The average Bonchev–Trinajstić information content (AvgIpc) is 2.91. The van der Waals surface area contributed by atoms with Crippen LogP contribution in [0.3, 0.4) is 0 Å². The zero-order valence-electron chi connectivity index (χ0n) is 12.2. The Morgan fingerprint density at radius 1 is 1.05 bits per heavy atom. The molecule has 108 valence electrons. The molecule has 1 N–H and O–H groups in total. The van der Waals surface area contributed by atoms with E-state index in [1.807, 2.05) is 66.1 Å². The maximum atomic E-state index is 12.5. The minimum absolute atomic E-state index is 0.0479. The topological polar surface area (TPSA) is 50.7 Å². The molecule has 0 saturated carbocycles. The van der Waals surface area contributed by atoms with E-state index in [1.165, 1.54) is 0 Å². The summed E-state index contributed by atoms with van der Waals surface area (Å²) >= 11 is 0. The molecule has 22 heavy (non-hydrogen) atoms. The molecule has 1 atom stereocenters. The van der Waals surface area contributed by atoms with Crippen LogP contribution in [-0.4, -0.2) is 14.5 Å². The minimum Gasteiger partial charge on any atom is -0.304 e. The van der Waals surface area contributed by atoms with Crippen molar-refractivity contribution in [3.05, 3.63) is 76.8 Å². The first-order chi connectivity index (χ1) is 10.8. The van der Waals surface area contributed by atoms with Crippen LogP contribution in [-0.2, 0) is 0 Å². The smallest absolute Gasteiger partial charge is 0.304 e. The van der Waals surface area contributed by atoms with E-state index in [9.17, 15) is 4.79 Å². The van der Waals surface area contributed by atoms with Crippen molar-refractivity contribution in [2.24, 2.45) is 0 Å². The van der Waals surface area contributed by atoms with Crippen LogP contribution in [0.4, 0.5) is 0 Å². The summed E-state index contributed by atoms with van der Waals surface area (Å²) in [6, 6.07) is 17.9. The Kier molecular flexibility index (Phi) is 2.82. The van der Waals surface area contributed by atoms with Gasteiger partial charge in [-0.15, -0.1) is 0 Å². The van der Waals surface area contributed by atoms with Gasteiger partial charge in [0.1, 0.15) is 0 Å². The van der Waals surface area contributed by atoms with E-state index in [1.54, 1.807) is 6.20 Å². The molecule has 0 aliphatic carbocycles. The Labute approximate surface area is 127 Å². The highest BCUT2D eigenvalue weighted by atomic mass is 16.1. The molecular weight excluding hydrogens is 274 g/mol. The fourth-order valence-corrected chi connectivity index (χ4v) is 3.00. The van der Waals surface area contributed by atoms with Crippen LogP contribution in [0.15, 0.2) is 65.6 Å². The highest BCUT2D eigenvalue weighted by molar-refractivity contribution is 6.02. The molecule has 0 aliphatic heterocycles. The van der Waals surface area contributed by atoms with Gasteiger partial charge in [0, 0.05) is 5.39 Å². The van der Waals surface area contributed by atoms with Gasteiger partial charge in [-0.05, 0) is 18.6 Å². The fourth-order valence-electron chi connectivity index (χ4n) is 3.00. The highest BCUT2D eigenvalue weighted by Crippen LogP contribution is 2.26. The van der Waals surface area contributed by atoms with Gasteiger partial charge in [-0.25, -0.2) is 4.79 Å². The van der Waals surface area contributed by atoms with Crippen LogP contribution in [0.1, 0.15) is 18.5 Å². The van der Waals surface area contributed by atoms with Crippen LogP contribution < -0.4 is 5.69 Å². The standard InChI is InChI=1S/C18H15N3O/c1-12(13-7-3-2-4-8-13)21-17-14-9-5-6-10-15(14)19-11-16(17)20-18(21)22/h2-12H,1H3,(H,20,22)/t12-/m0/s1. The van der Waals surface area contributed by atoms with Gasteiger partial charge in [0.25, 0.3) is 0 Å². The van der Waals surface area contributed by atoms with Crippen LogP contribution in [0.5, 0.6) is 0 Å². The number of hydrogen-bond donors (Lipinski definition) is 1. The molecule has 4 heteroatoms. The molecule has 0 saturated heterocycles. The van der Waals surface area contributed by atoms with E-state index in [0.717, 1.165) is 27.5 Å². The summed E-state index contributed by atoms with van der Waals surface area (Å²) in [5.41, 5.74) is 3.57. The molecule has 0 bridgehead atoms. The first kappa shape index (κ1) is 12.8. The molecular formula is C18H15N3O. The third-order valence-corrected chi connectivity index (χ3v) is 4.12. The lowest BCUT2D eigenvalue weighted by Gasteiger charge is -2.14. The summed E-state index contributed by atoms with van der Waals surface area (Å²) in [7, 11) is 0. The molecule has 4 rings (SSSR count). The van der Waals surface area contributed by atoms with Gasteiger partial charge < -0.3 is 4.98 Å². The van der Waals surface area contributed by atoms with Crippen LogP contribution in [0.25, 0.3) is 21.9 Å². The molecule has 0 aliphatic rings. The molecule has 0 amide bonds. The number of rotatable bonds is 2. The van der Waals surface area contributed by atoms with E-state index in [-0.39, 0.29) is 11.7 Å².